The number of anilines is 3. The molecule has 0 atom stereocenters. The predicted molar refractivity (Wildman–Crippen MR) is 141 cm³/mol. The summed E-state index contributed by atoms with van der Waals surface area (Å²) in [5.74, 6) is 0.593. The zero-order chi connectivity index (χ0) is 25.9. The number of likely N-dealkylation sites (N-methyl/N-ethyl adjacent to an activating group) is 1. The Kier molecular flexibility index (Phi) is 5.56. The first-order chi connectivity index (χ1) is 17.0. The minimum absolute atomic E-state index is 0.0188. The van der Waals surface area contributed by atoms with E-state index in [-0.39, 0.29) is 10.5 Å². The molecule has 0 spiro atoms. The monoisotopic (exact) mass is 508 g/mol. The number of hydrogen-bond acceptors (Lipinski definition) is 7. The van der Waals surface area contributed by atoms with E-state index in [9.17, 15) is 13.2 Å². The van der Waals surface area contributed by atoms with Crippen LogP contribution in [-0.4, -0.2) is 50.0 Å². The average molecular weight is 509 g/mol. The molecule has 1 aliphatic heterocycles. The first-order valence-electron chi connectivity index (χ1n) is 11.4. The fourth-order valence-corrected chi connectivity index (χ4v) is 5.62. The van der Waals surface area contributed by atoms with E-state index in [0.717, 1.165) is 22.3 Å². The van der Waals surface area contributed by atoms with Crippen LogP contribution >= 0.6 is 0 Å². The Hall–Kier alpha value is -3.83. The number of aromatic nitrogens is 3. The molecule has 3 heterocycles. The lowest BCUT2D eigenvalue weighted by Gasteiger charge is -2.38. The van der Waals surface area contributed by atoms with Crippen molar-refractivity contribution in [3.63, 3.8) is 0 Å². The third kappa shape index (κ3) is 3.80. The fourth-order valence-electron chi connectivity index (χ4n) is 4.86. The summed E-state index contributed by atoms with van der Waals surface area (Å²) >= 11 is 0. The highest BCUT2D eigenvalue weighted by atomic mass is 32.2. The molecule has 0 fully saturated rings. The molecule has 0 bridgehead atoms. The largest absolute Gasteiger partial charge is 0.497 e. The molecule has 36 heavy (non-hydrogen) atoms. The van der Waals surface area contributed by atoms with Gasteiger partial charge in [-0.2, -0.15) is 5.10 Å². The van der Waals surface area contributed by atoms with Crippen molar-refractivity contribution in [2.45, 2.75) is 11.8 Å². The van der Waals surface area contributed by atoms with Gasteiger partial charge in [0.25, 0.3) is 5.56 Å². The quantitative estimate of drug-likeness (QED) is 0.450. The molecule has 0 radical (unpaired) electrons. The minimum atomic E-state index is -4.06. The number of rotatable bonds is 4. The topological polar surface area (TPSA) is 116 Å². The van der Waals surface area contributed by atoms with Crippen LogP contribution in [-0.2, 0) is 24.1 Å². The van der Waals surface area contributed by atoms with Crippen molar-refractivity contribution in [1.82, 2.24) is 14.3 Å². The van der Waals surface area contributed by atoms with Crippen LogP contribution in [0.2, 0.25) is 0 Å². The molecule has 11 heteroatoms. The number of ether oxygens (including phenoxy) is 1. The van der Waals surface area contributed by atoms with E-state index in [4.69, 9.17) is 9.88 Å². The molecule has 0 aliphatic carbocycles. The van der Waals surface area contributed by atoms with Crippen molar-refractivity contribution in [3.05, 3.63) is 58.6 Å². The van der Waals surface area contributed by atoms with E-state index < -0.39 is 10.0 Å². The standard InChI is InChI=1S/C25H28N6O4S/c1-15-8-19-20(30(4)25(15)32)9-17(35-5)10-21(19)31-7-6-28(2)22-11-18(16-13-27-29(3)14-16)24(12-23(22)31)36(26,33)34/h8-14H,6-7H2,1-5H3,(H2,26,33,34). The Bertz CT molecular complexity index is 1690. The molecule has 1 aliphatic rings. The van der Waals surface area contributed by atoms with E-state index in [1.54, 1.807) is 55.8 Å². The zero-order valence-electron chi connectivity index (χ0n) is 20.8. The minimum Gasteiger partial charge on any atom is -0.497 e. The molecule has 0 unspecified atom stereocenters. The molecule has 10 nitrogen and oxygen atoms in total. The van der Waals surface area contributed by atoms with E-state index in [1.165, 1.54) is 0 Å². The van der Waals surface area contributed by atoms with Crippen LogP contribution in [0.3, 0.4) is 0 Å². The number of benzene rings is 2. The molecule has 2 aromatic carbocycles. The molecule has 5 rings (SSSR count). The number of nitrogens with two attached hydrogens (primary N) is 1. The fraction of sp³-hybridized carbons (Fsp3) is 0.280. The second-order valence-electron chi connectivity index (χ2n) is 9.13. The van der Waals surface area contributed by atoms with Gasteiger partial charge in [-0.1, -0.05) is 0 Å². The second-order valence-corrected chi connectivity index (χ2v) is 10.7. The molecule has 4 aromatic rings. The van der Waals surface area contributed by atoms with Crippen LogP contribution in [0.15, 0.2) is 52.4 Å². The van der Waals surface area contributed by atoms with Gasteiger partial charge in [-0.05, 0) is 25.1 Å². The van der Waals surface area contributed by atoms with Gasteiger partial charge in [0.05, 0.1) is 40.8 Å². The third-order valence-electron chi connectivity index (χ3n) is 6.76. The second kappa shape index (κ2) is 8.38. The molecule has 188 valence electrons. The van der Waals surface area contributed by atoms with Gasteiger partial charge in [0, 0.05) is 74.6 Å². The normalized spacial score (nSPS) is 13.8. The maximum Gasteiger partial charge on any atom is 0.253 e. The van der Waals surface area contributed by atoms with Crippen LogP contribution in [0.25, 0.3) is 22.0 Å². The molecule has 2 aromatic heterocycles. The Balaban J connectivity index is 1.82. The number of nitrogens with zero attached hydrogens (tertiary/aromatic N) is 5. The van der Waals surface area contributed by atoms with Crippen molar-refractivity contribution in [2.24, 2.45) is 19.2 Å². The van der Waals surface area contributed by atoms with E-state index in [1.807, 2.05) is 31.3 Å². The number of hydrogen-bond donors (Lipinski definition) is 1. The Labute approximate surface area is 209 Å². The molecule has 0 amide bonds. The molecule has 0 saturated heterocycles. The molecule has 2 N–H and O–H groups in total. The first kappa shape index (κ1) is 23.9. The number of primary sulfonamides is 1. The summed E-state index contributed by atoms with van der Waals surface area (Å²) in [5.41, 5.74) is 4.76. The highest BCUT2D eigenvalue weighted by molar-refractivity contribution is 7.89. The van der Waals surface area contributed by atoms with Gasteiger partial charge < -0.3 is 19.1 Å². The van der Waals surface area contributed by atoms with E-state index in [2.05, 4.69) is 14.9 Å². The first-order valence-corrected chi connectivity index (χ1v) is 12.9. The number of pyridine rings is 1. The highest BCUT2D eigenvalue weighted by Gasteiger charge is 2.29. The summed E-state index contributed by atoms with van der Waals surface area (Å²) < 4.78 is 34.3. The Morgan fingerprint density at radius 1 is 1.00 bits per heavy atom. The predicted octanol–water partition coefficient (Wildman–Crippen LogP) is 2.49. The average Bonchev–Trinajstić information content (AvgIpc) is 3.27. The van der Waals surface area contributed by atoms with Crippen molar-refractivity contribution in [2.75, 3.05) is 37.0 Å². The lowest BCUT2D eigenvalue weighted by molar-refractivity contribution is 0.415. The van der Waals surface area contributed by atoms with Gasteiger partial charge in [-0.3, -0.25) is 9.48 Å². The van der Waals surface area contributed by atoms with Crippen LogP contribution in [0, 0.1) is 6.92 Å². The lowest BCUT2D eigenvalue weighted by Crippen LogP contribution is -2.37. The maximum absolute atomic E-state index is 12.7. The third-order valence-corrected chi connectivity index (χ3v) is 7.71. The van der Waals surface area contributed by atoms with Gasteiger partial charge in [0.15, 0.2) is 0 Å². The van der Waals surface area contributed by atoms with Gasteiger partial charge in [0.2, 0.25) is 10.0 Å². The van der Waals surface area contributed by atoms with E-state index in [0.29, 0.717) is 41.2 Å². The van der Waals surface area contributed by atoms with Crippen LogP contribution in [0.1, 0.15) is 5.56 Å². The lowest BCUT2D eigenvalue weighted by atomic mass is 10.0. The number of sulfonamides is 1. The van der Waals surface area contributed by atoms with Gasteiger partial charge in [-0.15, -0.1) is 0 Å². The molecule has 0 saturated carbocycles. The number of fused-ring (bicyclic) bond motifs is 2. The summed E-state index contributed by atoms with van der Waals surface area (Å²) in [6.07, 6.45) is 3.38. The summed E-state index contributed by atoms with van der Waals surface area (Å²) in [7, 11) is 3.00. The zero-order valence-corrected chi connectivity index (χ0v) is 21.6. The van der Waals surface area contributed by atoms with Crippen LogP contribution in [0.5, 0.6) is 5.75 Å². The molecular weight excluding hydrogens is 480 g/mol. The number of aryl methyl sites for hydroxylation is 3. The van der Waals surface area contributed by atoms with Crippen LogP contribution in [0.4, 0.5) is 17.1 Å². The highest BCUT2D eigenvalue weighted by Crippen LogP contribution is 2.45. The summed E-state index contributed by atoms with van der Waals surface area (Å²) in [6, 6.07) is 9.09. The van der Waals surface area contributed by atoms with Gasteiger partial charge >= 0.3 is 0 Å². The van der Waals surface area contributed by atoms with Gasteiger partial charge in [-0.25, -0.2) is 13.6 Å². The van der Waals surface area contributed by atoms with Crippen molar-refractivity contribution >= 4 is 38.0 Å². The van der Waals surface area contributed by atoms with E-state index >= 15 is 0 Å². The van der Waals surface area contributed by atoms with Gasteiger partial charge in [0.1, 0.15) is 5.75 Å². The number of methoxy groups -OCH3 is 1. The van der Waals surface area contributed by atoms with Crippen molar-refractivity contribution in [3.8, 4) is 16.9 Å². The Morgan fingerprint density at radius 2 is 1.75 bits per heavy atom. The van der Waals surface area contributed by atoms with Crippen LogP contribution < -0.4 is 25.2 Å². The Morgan fingerprint density at radius 3 is 2.39 bits per heavy atom. The summed E-state index contributed by atoms with van der Waals surface area (Å²) in [4.78, 5) is 16.8. The SMILES string of the molecule is COc1cc(N2CCN(C)c3cc(-c4cnn(C)c4)c(S(N)(=O)=O)cc32)c2cc(C)c(=O)n(C)c2c1. The summed E-state index contributed by atoms with van der Waals surface area (Å²) in [5, 5.41) is 10.8. The van der Waals surface area contributed by atoms with Crippen molar-refractivity contribution < 1.29 is 13.2 Å². The molecular formula is C25H28N6O4S. The van der Waals surface area contributed by atoms with Crippen molar-refractivity contribution in [1.29, 1.82) is 0 Å². The summed E-state index contributed by atoms with van der Waals surface area (Å²) in [6.45, 7) is 3.06. The maximum atomic E-state index is 12.7. The smallest absolute Gasteiger partial charge is 0.253 e.